The van der Waals surface area contributed by atoms with Gasteiger partial charge in [0.05, 0.1) is 21.5 Å². The number of aromatic carboxylic acids is 1. The molecule has 204 valence electrons. The molecule has 1 saturated heterocycles. The number of anilines is 1. The topological polar surface area (TPSA) is 95.0 Å². The Kier molecular flexibility index (Phi) is 8.36. The second-order valence-electron chi connectivity index (χ2n) is 11.4. The molecule has 1 aliphatic carbocycles. The third kappa shape index (κ3) is 6.31. The minimum Gasteiger partial charge on any atom is -0.477 e. The second kappa shape index (κ2) is 11.2. The van der Waals surface area contributed by atoms with E-state index < -0.39 is 22.0 Å². The predicted molar refractivity (Wildman–Crippen MR) is 150 cm³/mol. The van der Waals surface area contributed by atoms with E-state index in [4.69, 9.17) is 0 Å². The van der Waals surface area contributed by atoms with Crippen molar-refractivity contribution in [1.82, 2.24) is 4.31 Å². The molecule has 0 spiro atoms. The minimum atomic E-state index is -3.73. The highest BCUT2D eigenvalue weighted by atomic mass is 32.2. The third-order valence-electron chi connectivity index (χ3n) is 7.20. The summed E-state index contributed by atoms with van der Waals surface area (Å²) in [6.07, 6.45) is 3.82. The first-order chi connectivity index (χ1) is 17.9. The number of nitrogens with zero attached hydrogens (tertiary/aromatic N) is 2. The van der Waals surface area contributed by atoms with E-state index in [0.717, 1.165) is 37.0 Å². The van der Waals surface area contributed by atoms with Crippen LogP contribution in [0.4, 0.5) is 5.69 Å². The molecule has 1 aromatic carbocycles. The van der Waals surface area contributed by atoms with E-state index >= 15 is 0 Å². The normalized spacial score (nSPS) is 22.5. The van der Waals surface area contributed by atoms with Crippen LogP contribution >= 0.6 is 11.3 Å². The lowest BCUT2D eigenvalue weighted by atomic mass is 9.82. The van der Waals surface area contributed by atoms with E-state index in [2.05, 4.69) is 18.8 Å². The molecule has 1 saturated carbocycles. The number of amides is 1. The number of carboxylic acid groups (broad SMARTS) is 1. The molecule has 2 aromatic rings. The van der Waals surface area contributed by atoms with Crippen LogP contribution < -0.4 is 4.90 Å². The van der Waals surface area contributed by atoms with Gasteiger partial charge in [0.15, 0.2) is 0 Å². The van der Waals surface area contributed by atoms with E-state index in [-0.39, 0.29) is 40.1 Å². The van der Waals surface area contributed by atoms with Crippen molar-refractivity contribution >= 4 is 38.9 Å². The average Bonchev–Trinajstić information content (AvgIpc) is 3.52. The summed E-state index contributed by atoms with van der Waals surface area (Å²) in [6.45, 7) is 8.50. The third-order valence-corrected chi connectivity index (χ3v) is 10.1. The van der Waals surface area contributed by atoms with Gasteiger partial charge in [-0.3, -0.25) is 4.79 Å². The van der Waals surface area contributed by atoms with E-state index in [9.17, 15) is 23.1 Å². The fraction of sp³-hybridized carbons (Fsp3) is 0.517. The molecule has 1 aromatic heterocycles. The van der Waals surface area contributed by atoms with Crippen LogP contribution in [0.2, 0.25) is 0 Å². The lowest BCUT2D eigenvalue weighted by Gasteiger charge is -2.34. The lowest BCUT2D eigenvalue weighted by Crippen LogP contribution is -2.46. The largest absolute Gasteiger partial charge is 0.477 e. The smallest absolute Gasteiger partial charge is 0.348 e. The molecule has 2 heterocycles. The fourth-order valence-electron chi connectivity index (χ4n) is 5.10. The van der Waals surface area contributed by atoms with Crippen molar-refractivity contribution in [2.45, 2.75) is 70.7 Å². The van der Waals surface area contributed by atoms with Gasteiger partial charge in [-0.2, -0.15) is 4.31 Å². The summed E-state index contributed by atoms with van der Waals surface area (Å²) < 4.78 is 28.0. The van der Waals surface area contributed by atoms with Gasteiger partial charge < -0.3 is 10.0 Å². The van der Waals surface area contributed by atoms with Crippen molar-refractivity contribution in [3.8, 4) is 11.8 Å². The number of rotatable bonds is 6. The van der Waals surface area contributed by atoms with Crippen LogP contribution in [0.15, 0.2) is 41.3 Å². The molecule has 1 N–H and O–H groups in total. The molecule has 2 fully saturated rings. The Morgan fingerprint density at radius 3 is 2.34 bits per heavy atom. The maximum atomic E-state index is 14.1. The van der Waals surface area contributed by atoms with Crippen LogP contribution in [-0.4, -0.2) is 48.8 Å². The van der Waals surface area contributed by atoms with Gasteiger partial charge in [0.2, 0.25) is 15.9 Å². The zero-order chi connectivity index (χ0) is 27.7. The summed E-state index contributed by atoms with van der Waals surface area (Å²) in [5.41, 5.74) is 0.0628. The Bertz CT molecular complexity index is 1340. The quantitative estimate of drug-likeness (QED) is 0.477. The number of thiophene rings is 1. The molecule has 38 heavy (non-hydrogen) atoms. The molecule has 0 bridgehead atoms. The van der Waals surface area contributed by atoms with Gasteiger partial charge in [-0.05, 0) is 77.0 Å². The van der Waals surface area contributed by atoms with Gasteiger partial charge in [-0.25, -0.2) is 13.2 Å². The maximum absolute atomic E-state index is 14.1. The SMILES string of the molecule is CC(C)(C)C#Cc1cc(N(C(=O)[C@H]2CC[C@H](C)CC2)[C@H]2CCN(S(=O)(=O)c3ccccc3)C2)c(C(=O)O)s1. The number of hydrogen-bond acceptors (Lipinski definition) is 5. The van der Waals surface area contributed by atoms with Crippen LogP contribution in [0.25, 0.3) is 0 Å². The lowest BCUT2D eigenvalue weighted by molar-refractivity contribution is -0.124. The molecule has 1 aliphatic heterocycles. The monoisotopic (exact) mass is 556 g/mol. The highest BCUT2D eigenvalue weighted by Crippen LogP contribution is 2.38. The molecule has 1 atom stereocenters. The van der Waals surface area contributed by atoms with Crippen molar-refractivity contribution in [3.63, 3.8) is 0 Å². The van der Waals surface area contributed by atoms with Gasteiger partial charge in [-0.1, -0.05) is 37.0 Å². The number of carbonyl (C=O) groups is 2. The first-order valence-corrected chi connectivity index (χ1v) is 15.4. The van der Waals surface area contributed by atoms with Crippen LogP contribution in [0.5, 0.6) is 0 Å². The molecule has 0 unspecified atom stereocenters. The molecule has 1 amide bonds. The summed E-state index contributed by atoms with van der Waals surface area (Å²) in [4.78, 5) is 28.8. The second-order valence-corrected chi connectivity index (χ2v) is 14.4. The Morgan fingerprint density at radius 1 is 1.08 bits per heavy atom. The standard InChI is InChI=1S/C29H36N2O5S2/c1-20-10-12-21(13-11-20)27(32)31(25-18-23(14-16-29(2,3)4)37-26(25)28(33)34)22-15-17-30(19-22)38(35,36)24-8-6-5-7-9-24/h5-9,18,20-22H,10-13,15,17,19H2,1-4H3,(H,33,34)/t20-,21-,22-/m0/s1. The number of carbonyl (C=O) groups excluding carboxylic acids is 1. The zero-order valence-electron chi connectivity index (χ0n) is 22.4. The number of hydrogen-bond donors (Lipinski definition) is 1. The number of carboxylic acids is 1. The molecule has 0 radical (unpaired) electrons. The first kappa shape index (κ1) is 28.3. The summed E-state index contributed by atoms with van der Waals surface area (Å²) in [7, 11) is -3.73. The Labute approximate surface area is 229 Å². The Hall–Kier alpha value is -2.67. The predicted octanol–water partition coefficient (Wildman–Crippen LogP) is 5.47. The van der Waals surface area contributed by atoms with Crippen molar-refractivity contribution < 1.29 is 23.1 Å². The van der Waals surface area contributed by atoms with Crippen LogP contribution in [-0.2, 0) is 14.8 Å². The van der Waals surface area contributed by atoms with E-state index in [1.807, 2.05) is 20.8 Å². The van der Waals surface area contributed by atoms with Crippen molar-refractivity contribution in [1.29, 1.82) is 0 Å². The van der Waals surface area contributed by atoms with Gasteiger partial charge in [0, 0.05) is 24.4 Å². The highest BCUT2D eigenvalue weighted by Gasteiger charge is 2.41. The van der Waals surface area contributed by atoms with E-state index in [1.165, 1.54) is 4.31 Å². The van der Waals surface area contributed by atoms with E-state index in [1.54, 1.807) is 41.3 Å². The molecule has 9 heteroatoms. The van der Waals surface area contributed by atoms with Gasteiger partial charge in [0.1, 0.15) is 4.88 Å². The van der Waals surface area contributed by atoms with Crippen molar-refractivity contribution in [3.05, 3.63) is 46.2 Å². The first-order valence-electron chi connectivity index (χ1n) is 13.2. The van der Waals surface area contributed by atoms with Crippen molar-refractivity contribution in [2.24, 2.45) is 17.3 Å². The Balaban J connectivity index is 1.72. The number of sulfonamides is 1. The Morgan fingerprint density at radius 2 is 1.74 bits per heavy atom. The van der Waals surface area contributed by atoms with Crippen LogP contribution in [0.3, 0.4) is 0 Å². The number of benzene rings is 1. The van der Waals surface area contributed by atoms with Gasteiger partial charge >= 0.3 is 5.97 Å². The van der Waals surface area contributed by atoms with Crippen LogP contribution in [0.1, 0.15) is 74.3 Å². The minimum absolute atomic E-state index is 0.0603. The zero-order valence-corrected chi connectivity index (χ0v) is 24.1. The summed E-state index contributed by atoms with van der Waals surface area (Å²) >= 11 is 1.06. The molecule has 4 rings (SSSR count). The molecule has 2 aliphatic rings. The summed E-state index contributed by atoms with van der Waals surface area (Å²) in [5, 5.41) is 10.1. The van der Waals surface area contributed by atoms with Crippen LogP contribution in [0, 0.1) is 29.1 Å². The molecular weight excluding hydrogens is 520 g/mol. The summed E-state index contributed by atoms with van der Waals surface area (Å²) in [6, 6.07) is 9.51. The summed E-state index contributed by atoms with van der Waals surface area (Å²) in [5.74, 6) is 5.35. The maximum Gasteiger partial charge on any atom is 0.348 e. The molecular formula is C29H36N2O5S2. The highest BCUT2D eigenvalue weighted by molar-refractivity contribution is 7.89. The van der Waals surface area contributed by atoms with Gasteiger partial charge in [0.25, 0.3) is 0 Å². The fourth-order valence-corrected chi connectivity index (χ4v) is 7.46. The average molecular weight is 557 g/mol. The van der Waals surface area contributed by atoms with Gasteiger partial charge in [-0.15, -0.1) is 11.3 Å². The van der Waals surface area contributed by atoms with E-state index in [0.29, 0.717) is 22.9 Å². The molecule has 7 nitrogen and oxygen atoms in total. The van der Waals surface area contributed by atoms with Crippen molar-refractivity contribution in [2.75, 3.05) is 18.0 Å².